The van der Waals surface area contributed by atoms with E-state index in [9.17, 15) is 13.6 Å². The average molecular weight is 433 g/mol. The molecule has 0 fully saturated rings. The van der Waals surface area contributed by atoms with E-state index >= 15 is 0 Å². The molecule has 1 aliphatic heterocycles. The number of amides is 2. The number of carbonyl (C=O) groups excluding carboxylic acids is 1. The second-order valence-corrected chi connectivity index (χ2v) is 7.88. The van der Waals surface area contributed by atoms with Gasteiger partial charge in [-0.2, -0.15) is 0 Å². The maximum Gasteiger partial charge on any atom is 0.315 e. The van der Waals surface area contributed by atoms with Crippen molar-refractivity contribution in [1.29, 1.82) is 0 Å². The molecule has 2 amide bonds. The van der Waals surface area contributed by atoms with Crippen LogP contribution in [0.1, 0.15) is 22.7 Å². The lowest BCUT2D eigenvalue weighted by molar-refractivity contribution is 0.190. The standard InChI is InChI=1S/C25H21F2N3O2/c1-32-17-5-2-14(3-6-17)15-4-7-18-16(10-15)8-9-30(25(28)31)24(18)20-13-29-23-12-22(27)21(26)11-19(20)23/h2-7,10-13,24,29H,8-9H2,1H3,(H2,28,31). The van der Waals surface area contributed by atoms with Crippen LogP contribution in [0.5, 0.6) is 5.75 Å². The molecule has 162 valence electrons. The number of nitrogens with two attached hydrogens (primary N) is 1. The number of carbonyl (C=O) groups is 1. The number of primary amides is 1. The molecule has 0 saturated carbocycles. The first kappa shape index (κ1) is 20.1. The van der Waals surface area contributed by atoms with E-state index in [1.807, 2.05) is 36.4 Å². The van der Waals surface area contributed by atoms with Crippen molar-refractivity contribution in [2.75, 3.05) is 13.7 Å². The summed E-state index contributed by atoms with van der Waals surface area (Å²) in [6, 6.07) is 15.1. The minimum Gasteiger partial charge on any atom is -0.497 e. The Kier molecular flexibility index (Phi) is 4.81. The van der Waals surface area contributed by atoms with Crippen molar-refractivity contribution < 1.29 is 18.3 Å². The van der Waals surface area contributed by atoms with Gasteiger partial charge < -0.3 is 20.4 Å². The molecule has 1 aliphatic rings. The molecule has 3 N–H and O–H groups in total. The Morgan fingerprint density at radius 3 is 2.47 bits per heavy atom. The van der Waals surface area contributed by atoms with E-state index in [0.717, 1.165) is 40.1 Å². The highest BCUT2D eigenvalue weighted by atomic mass is 19.2. The molecule has 5 rings (SSSR count). The summed E-state index contributed by atoms with van der Waals surface area (Å²) in [6.07, 6.45) is 2.33. The first-order chi connectivity index (χ1) is 15.5. The van der Waals surface area contributed by atoms with Crippen LogP contribution in [-0.4, -0.2) is 29.6 Å². The Balaban J connectivity index is 1.63. The van der Waals surface area contributed by atoms with Crippen molar-refractivity contribution in [1.82, 2.24) is 9.88 Å². The molecule has 0 spiro atoms. The molecule has 0 aliphatic carbocycles. The average Bonchev–Trinajstić information content (AvgIpc) is 3.20. The van der Waals surface area contributed by atoms with Crippen molar-refractivity contribution >= 4 is 16.9 Å². The SMILES string of the molecule is COc1ccc(-c2ccc3c(c2)CCN(C(N)=O)C3c2c[nH]c3cc(F)c(F)cc23)cc1. The van der Waals surface area contributed by atoms with Gasteiger partial charge in [-0.25, -0.2) is 13.6 Å². The molecular formula is C25H21F2N3O2. The normalized spacial score (nSPS) is 15.6. The Morgan fingerprint density at radius 2 is 1.75 bits per heavy atom. The van der Waals surface area contributed by atoms with Crippen LogP contribution in [-0.2, 0) is 6.42 Å². The van der Waals surface area contributed by atoms with Crippen LogP contribution in [0.15, 0.2) is 60.8 Å². The van der Waals surface area contributed by atoms with Gasteiger partial charge >= 0.3 is 6.03 Å². The molecule has 0 radical (unpaired) electrons. The Hall–Kier alpha value is -3.87. The quantitative estimate of drug-likeness (QED) is 0.469. The van der Waals surface area contributed by atoms with Crippen molar-refractivity contribution in [3.8, 4) is 16.9 Å². The molecule has 2 heterocycles. The van der Waals surface area contributed by atoms with Gasteiger partial charge in [-0.1, -0.05) is 30.3 Å². The van der Waals surface area contributed by atoms with Crippen LogP contribution in [0, 0.1) is 11.6 Å². The van der Waals surface area contributed by atoms with E-state index in [2.05, 4.69) is 11.1 Å². The number of hydrogen-bond donors (Lipinski definition) is 2. The number of H-pyrrole nitrogens is 1. The third-order valence-corrected chi connectivity index (χ3v) is 6.13. The number of nitrogens with one attached hydrogen (secondary N) is 1. The molecule has 1 atom stereocenters. The molecular weight excluding hydrogens is 412 g/mol. The smallest absolute Gasteiger partial charge is 0.315 e. The number of fused-ring (bicyclic) bond motifs is 2. The second kappa shape index (κ2) is 7.67. The Morgan fingerprint density at radius 1 is 1.03 bits per heavy atom. The number of urea groups is 1. The van der Waals surface area contributed by atoms with Gasteiger partial charge in [-0.15, -0.1) is 0 Å². The molecule has 4 aromatic rings. The van der Waals surface area contributed by atoms with E-state index in [-0.39, 0.29) is 0 Å². The van der Waals surface area contributed by atoms with E-state index in [4.69, 9.17) is 10.5 Å². The molecule has 0 bridgehead atoms. The number of halogens is 2. The topological polar surface area (TPSA) is 71.3 Å². The highest BCUT2D eigenvalue weighted by Crippen LogP contribution is 2.40. The molecule has 0 saturated heterocycles. The molecule has 7 heteroatoms. The molecule has 1 unspecified atom stereocenters. The molecule has 32 heavy (non-hydrogen) atoms. The Bertz CT molecular complexity index is 1330. The Labute approximate surface area is 183 Å². The maximum atomic E-state index is 14.0. The van der Waals surface area contributed by atoms with Crippen LogP contribution in [0.4, 0.5) is 13.6 Å². The predicted octanol–water partition coefficient (Wildman–Crippen LogP) is 5.15. The van der Waals surface area contributed by atoms with Gasteiger partial charge in [-0.05, 0) is 46.9 Å². The van der Waals surface area contributed by atoms with Gasteiger partial charge in [0, 0.05) is 35.3 Å². The number of ether oxygens (including phenoxy) is 1. The number of hydrogen-bond acceptors (Lipinski definition) is 2. The fourth-order valence-corrected chi connectivity index (χ4v) is 4.53. The summed E-state index contributed by atoms with van der Waals surface area (Å²) in [5.41, 5.74) is 10.9. The summed E-state index contributed by atoms with van der Waals surface area (Å²) >= 11 is 0. The van der Waals surface area contributed by atoms with Crippen molar-refractivity contribution in [3.05, 3.63) is 89.1 Å². The van der Waals surface area contributed by atoms with Crippen molar-refractivity contribution in [2.24, 2.45) is 5.73 Å². The number of aromatic nitrogens is 1. The van der Waals surface area contributed by atoms with E-state index in [1.165, 1.54) is 0 Å². The first-order valence-electron chi connectivity index (χ1n) is 10.3. The van der Waals surface area contributed by atoms with Gasteiger partial charge in [0.25, 0.3) is 0 Å². The van der Waals surface area contributed by atoms with Crippen LogP contribution in [0.25, 0.3) is 22.0 Å². The fraction of sp³-hybridized carbons (Fsp3) is 0.160. The van der Waals surface area contributed by atoms with Crippen LogP contribution in [0.3, 0.4) is 0 Å². The number of rotatable bonds is 3. The van der Waals surface area contributed by atoms with Crippen LogP contribution >= 0.6 is 0 Å². The van der Waals surface area contributed by atoms with E-state index < -0.39 is 23.7 Å². The summed E-state index contributed by atoms with van der Waals surface area (Å²) in [5.74, 6) is -1.08. The summed E-state index contributed by atoms with van der Waals surface area (Å²) in [7, 11) is 1.63. The second-order valence-electron chi connectivity index (χ2n) is 7.88. The minimum absolute atomic E-state index is 0.426. The zero-order chi connectivity index (χ0) is 22.4. The number of nitrogens with zero attached hydrogens (tertiary/aromatic N) is 1. The summed E-state index contributed by atoms with van der Waals surface area (Å²) in [4.78, 5) is 16.8. The lowest BCUT2D eigenvalue weighted by atomic mass is 9.86. The number of aromatic amines is 1. The zero-order valence-corrected chi connectivity index (χ0v) is 17.4. The van der Waals surface area contributed by atoms with Crippen LogP contribution in [0.2, 0.25) is 0 Å². The summed E-state index contributed by atoms with van der Waals surface area (Å²) in [5, 5.41) is 0.521. The zero-order valence-electron chi connectivity index (χ0n) is 17.4. The molecule has 1 aromatic heterocycles. The molecule has 5 nitrogen and oxygen atoms in total. The van der Waals surface area contributed by atoms with Gasteiger partial charge in [0.2, 0.25) is 0 Å². The van der Waals surface area contributed by atoms with E-state index in [0.29, 0.717) is 29.4 Å². The molecule has 3 aromatic carbocycles. The van der Waals surface area contributed by atoms with Gasteiger partial charge in [-0.3, -0.25) is 0 Å². The van der Waals surface area contributed by atoms with E-state index in [1.54, 1.807) is 18.2 Å². The van der Waals surface area contributed by atoms with Gasteiger partial charge in [0.05, 0.1) is 13.2 Å². The number of benzene rings is 3. The van der Waals surface area contributed by atoms with Gasteiger partial charge in [0.15, 0.2) is 11.6 Å². The predicted molar refractivity (Wildman–Crippen MR) is 118 cm³/mol. The van der Waals surface area contributed by atoms with Crippen molar-refractivity contribution in [3.63, 3.8) is 0 Å². The number of methoxy groups -OCH3 is 1. The monoisotopic (exact) mass is 433 g/mol. The lowest BCUT2D eigenvalue weighted by Crippen LogP contribution is -2.43. The summed E-state index contributed by atoms with van der Waals surface area (Å²) in [6.45, 7) is 0.426. The lowest BCUT2D eigenvalue weighted by Gasteiger charge is -2.36. The van der Waals surface area contributed by atoms with Gasteiger partial charge in [0.1, 0.15) is 5.75 Å². The highest BCUT2D eigenvalue weighted by molar-refractivity contribution is 5.86. The third-order valence-electron chi connectivity index (χ3n) is 6.13. The first-order valence-corrected chi connectivity index (χ1v) is 10.3. The summed E-state index contributed by atoms with van der Waals surface area (Å²) < 4.78 is 33.0. The largest absolute Gasteiger partial charge is 0.497 e. The van der Waals surface area contributed by atoms with Crippen molar-refractivity contribution in [2.45, 2.75) is 12.5 Å². The van der Waals surface area contributed by atoms with Crippen LogP contribution < -0.4 is 10.5 Å². The third kappa shape index (κ3) is 3.26. The highest BCUT2D eigenvalue weighted by Gasteiger charge is 2.33. The fourth-order valence-electron chi connectivity index (χ4n) is 4.53. The minimum atomic E-state index is -0.935. The maximum absolute atomic E-state index is 14.0.